The van der Waals surface area contributed by atoms with Crippen molar-refractivity contribution in [1.82, 2.24) is 4.90 Å². The van der Waals surface area contributed by atoms with Gasteiger partial charge in [0.25, 0.3) is 17.5 Å². The average Bonchev–Trinajstić information content (AvgIpc) is 3.29. The number of non-ortho nitro benzene ring substituents is 1. The number of imide groups is 1. The number of nitriles is 1. The van der Waals surface area contributed by atoms with E-state index in [-0.39, 0.29) is 48.8 Å². The van der Waals surface area contributed by atoms with Crippen molar-refractivity contribution in [2.45, 2.75) is 13.8 Å². The van der Waals surface area contributed by atoms with Gasteiger partial charge in [0, 0.05) is 30.2 Å². The number of nitro benzene ring substituents is 1. The highest BCUT2D eigenvalue weighted by molar-refractivity contribution is 6.19. The molecule has 3 rings (SSSR count). The van der Waals surface area contributed by atoms with Crippen LogP contribution >= 0.6 is 0 Å². The predicted octanol–water partition coefficient (Wildman–Crippen LogP) is 3.03. The highest BCUT2D eigenvalue weighted by Crippen LogP contribution is 2.29. The zero-order valence-electron chi connectivity index (χ0n) is 19.0. The highest BCUT2D eigenvalue weighted by Gasteiger charge is 2.35. The maximum absolute atomic E-state index is 13.1. The molecule has 2 heterocycles. The van der Waals surface area contributed by atoms with Crippen molar-refractivity contribution in [3.63, 3.8) is 0 Å². The first kappa shape index (κ1) is 25.1. The van der Waals surface area contributed by atoms with Gasteiger partial charge in [-0.15, -0.1) is 0 Å². The van der Waals surface area contributed by atoms with Gasteiger partial charge in [-0.1, -0.05) is 0 Å². The lowest BCUT2D eigenvalue weighted by Gasteiger charge is -2.27. The number of ether oxygens (including phenoxy) is 2. The highest BCUT2D eigenvalue weighted by atomic mass is 16.6. The summed E-state index contributed by atoms with van der Waals surface area (Å²) in [5.41, 5.74) is 0.717. The van der Waals surface area contributed by atoms with E-state index in [0.29, 0.717) is 17.1 Å². The Morgan fingerprint density at radius 2 is 1.86 bits per heavy atom. The fourth-order valence-electron chi connectivity index (χ4n) is 3.31. The van der Waals surface area contributed by atoms with Crippen LogP contribution in [0.1, 0.15) is 19.6 Å². The number of hydrogen-bond donors (Lipinski definition) is 0. The van der Waals surface area contributed by atoms with Crippen LogP contribution in [0, 0.1) is 21.4 Å². The number of carbonyl (C=O) groups is 3. The number of amides is 2. The molecular weight excluding hydrogens is 458 g/mol. The third-order valence-corrected chi connectivity index (χ3v) is 5.09. The van der Waals surface area contributed by atoms with Gasteiger partial charge in [-0.2, -0.15) is 5.26 Å². The summed E-state index contributed by atoms with van der Waals surface area (Å²) in [4.78, 5) is 47.7. The smallest absolute Gasteiger partial charge is 0.302 e. The maximum Gasteiger partial charge on any atom is 0.302 e. The van der Waals surface area contributed by atoms with Crippen LogP contribution in [0.4, 0.5) is 5.69 Å². The molecule has 0 radical (unpaired) electrons. The van der Waals surface area contributed by atoms with Gasteiger partial charge in [-0.25, -0.2) is 0 Å². The number of carbonyl (C=O) groups excluding carboxylic acids is 3. The van der Waals surface area contributed by atoms with E-state index in [9.17, 15) is 29.8 Å². The van der Waals surface area contributed by atoms with Gasteiger partial charge in [-0.05, 0) is 42.8 Å². The van der Waals surface area contributed by atoms with Gasteiger partial charge in [0.15, 0.2) is 0 Å². The molecule has 0 saturated carbocycles. The van der Waals surface area contributed by atoms with E-state index in [1.165, 1.54) is 32.1 Å². The Bertz CT molecular complexity index is 1260. The normalized spacial score (nSPS) is 14.9. The fraction of sp³-hybridized carbons (Fsp3) is 0.250. The number of nitrogens with zero attached hydrogens (tertiary/aromatic N) is 3. The van der Waals surface area contributed by atoms with Gasteiger partial charge in [-0.3, -0.25) is 29.4 Å². The zero-order chi connectivity index (χ0) is 25.5. The summed E-state index contributed by atoms with van der Waals surface area (Å²) in [6.45, 7) is 2.81. The van der Waals surface area contributed by atoms with Crippen molar-refractivity contribution in [2.75, 3.05) is 26.4 Å². The largest absolute Gasteiger partial charge is 0.463 e. The van der Waals surface area contributed by atoms with Crippen LogP contribution in [-0.4, -0.2) is 54.0 Å². The minimum absolute atomic E-state index is 0.00513. The fourth-order valence-corrected chi connectivity index (χ4v) is 3.31. The Hall–Kier alpha value is -4.56. The van der Waals surface area contributed by atoms with E-state index in [0.717, 1.165) is 4.90 Å². The first-order chi connectivity index (χ1) is 16.7. The summed E-state index contributed by atoms with van der Waals surface area (Å²) in [5.74, 6) is -1.06. The summed E-state index contributed by atoms with van der Waals surface area (Å²) >= 11 is 0. The van der Waals surface area contributed by atoms with Gasteiger partial charge >= 0.3 is 5.97 Å². The van der Waals surface area contributed by atoms with Crippen molar-refractivity contribution in [3.05, 3.63) is 69.0 Å². The van der Waals surface area contributed by atoms with Crippen LogP contribution in [0.15, 0.2) is 57.5 Å². The summed E-state index contributed by atoms with van der Waals surface area (Å²) in [5, 5.41) is 20.3. The molecule has 0 bridgehead atoms. The first-order valence-corrected chi connectivity index (χ1v) is 10.5. The van der Waals surface area contributed by atoms with Crippen LogP contribution in [0.5, 0.6) is 0 Å². The van der Waals surface area contributed by atoms with Crippen molar-refractivity contribution in [2.24, 2.45) is 0 Å². The molecule has 1 aliphatic heterocycles. The molecule has 0 N–H and O–H groups in total. The predicted molar refractivity (Wildman–Crippen MR) is 121 cm³/mol. The van der Waals surface area contributed by atoms with Crippen molar-refractivity contribution < 1.29 is 33.2 Å². The Morgan fingerprint density at radius 1 is 1.14 bits per heavy atom. The molecule has 11 nitrogen and oxygen atoms in total. The number of esters is 1. The zero-order valence-corrected chi connectivity index (χ0v) is 19.0. The molecule has 1 aromatic carbocycles. The Labute approximate surface area is 200 Å². The van der Waals surface area contributed by atoms with Crippen molar-refractivity contribution >= 4 is 29.5 Å². The topological polar surface area (TPSA) is 153 Å². The minimum atomic E-state index is -0.721. The van der Waals surface area contributed by atoms with Crippen LogP contribution in [0.25, 0.3) is 17.4 Å². The molecule has 0 fully saturated rings. The third kappa shape index (κ3) is 5.87. The second-order valence-corrected chi connectivity index (χ2v) is 7.39. The molecule has 35 heavy (non-hydrogen) atoms. The number of nitro groups is 1. The second-order valence-electron chi connectivity index (χ2n) is 7.39. The second kappa shape index (κ2) is 11.0. The first-order valence-electron chi connectivity index (χ1n) is 10.5. The van der Waals surface area contributed by atoms with E-state index in [4.69, 9.17) is 13.9 Å². The number of furan rings is 1. The van der Waals surface area contributed by atoms with Gasteiger partial charge < -0.3 is 13.9 Å². The SMILES string of the molecule is CC(=O)OCCOCCN1C(=O)C(C#N)=C(C)/C(=C\c2ccc(-c3ccc([N+](=O)[O-])cc3)o2)C1=O. The monoisotopic (exact) mass is 479 g/mol. The van der Waals surface area contributed by atoms with Crippen molar-refractivity contribution in [3.8, 4) is 17.4 Å². The molecule has 2 amide bonds. The van der Waals surface area contributed by atoms with Crippen LogP contribution in [0.3, 0.4) is 0 Å². The molecule has 0 atom stereocenters. The molecule has 1 aliphatic rings. The average molecular weight is 479 g/mol. The van der Waals surface area contributed by atoms with E-state index in [1.807, 2.05) is 6.07 Å². The quantitative estimate of drug-likeness (QED) is 0.132. The molecule has 0 unspecified atom stereocenters. The van der Waals surface area contributed by atoms with Gasteiger partial charge in [0.2, 0.25) is 0 Å². The van der Waals surface area contributed by atoms with E-state index >= 15 is 0 Å². The molecule has 0 spiro atoms. The third-order valence-electron chi connectivity index (χ3n) is 5.09. The summed E-state index contributed by atoms with van der Waals surface area (Å²) < 4.78 is 15.8. The molecule has 0 saturated heterocycles. The Balaban J connectivity index is 1.79. The molecule has 180 valence electrons. The standard InChI is InChI=1S/C24H21N3O8/c1-15-20(13-19-7-8-22(35-19)17-3-5-18(6-4-17)27(31)32)23(29)26(24(30)21(15)14-25)9-10-33-11-12-34-16(2)28/h3-8,13H,9-12H2,1-2H3/b20-13+. The molecule has 11 heteroatoms. The lowest BCUT2D eigenvalue weighted by molar-refractivity contribution is -0.384. The molecule has 0 aliphatic carbocycles. The van der Waals surface area contributed by atoms with E-state index < -0.39 is 22.7 Å². The number of benzene rings is 1. The Morgan fingerprint density at radius 3 is 2.49 bits per heavy atom. The lowest BCUT2D eigenvalue weighted by atomic mass is 9.94. The summed E-state index contributed by atoms with van der Waals surface area (Å²) in [6.07, 6.45) is 1.44. The van der Waals surface area contributed by atoms with Crippen LogP contribution < -0.4 is 0 Å². The van der Waals surface area contributed by atoms with Crippen molar-refractivity contribution in [1.29, 1.82) is 5.26 Å². The van der Waals surface area contributed by atoms with Crippen LogP contribution in [0.2, 0.25) is 0 Å². The van der Waals surface area contributed by atoms with Gasteiger partial charge in [0.1, 0.15) is 29.8 Å². The van der Waals surface area contributed by atoms with Crippen LogP contribution in [-0.2, 0) is 23.9 Å². The molecular formula is C24H21N3O8. The Kier molecular flexibility index (Phi) is 7.91. The minimum Gasteiger partial charge on any atom is -0.463 e. The summed E-state index contributed by atoms with van der Waals surface area (Å²) in [6, 6.07) is 10.9. The maximum atomic E-state index is 13.1. The van der Waals surface area contributed by atoms with E-state index in [1.54, 1.807) is 24.3 Å². The number of rotatable bonds is 9. The summed E-state index contributed by atoms with van der Waals surface area (Å²) in [7, 11) is 0. The van der Waals surface area contributed by atoms with Gasteiger partial charge in [0.05, 0.1) is 24.7 Å². The lowest BCUT2D eigenvalue weighted by Crippen LogP contribution is -2.44. The number of hydrogen-bond acceptors (Lipinski definition) is 9. The molecule has 2 aromatic rings. The van der Waals surface area contributed by atoms with E-state index in [2.05, 4.69) is 0 Å². The molecule has 1 aromatic heterocycles.